The van der Waals surface area contributed by atoms with Crippen LogP contribution in [0.1, 0.15) is 44.1 Å². The number of anilines is 2. The second-order valence-corrected chi connectivity index (χ2v) is 10.3. The number of ether oxygens (including phenoxy) is 1. The minimum absolute atomic E-state index is 0.0906. The third kappa shape index (κ3) is 4.74. The molecule has 3 aliphatic rings. The Kier molecular flexibility index (Phi) is 6.69. The van der Waals surface area contributed by atoms with E-state index in [1.54, 1.807) is 7.11 Å². The van der Waals surface area contributed by atoms with Gasteiger partial charge in [-0.25, -0.2) is 4.79 Å². The number of urea groups is 1. The zero-order valence-corrected chi connectivity index (χ0v) is 21.2. The van der Waals surface area contributed by atoms with E-state index < -0.39 is 5.54 Å². The van der Waals surface area contributed by atoms with Crippen molar-refractivity contribution in [2.24, 2.45) is 4.99 Å². The first-order chi connectivity index (χ1) is 17.0. The van der Waals surface area contributed by atoms with Crippen molar-refractivity contribution in [3.8, 4) is 5.75 Å². The van der Waals surface area contributed by atoms with Crippen molar-refractivity contribution >= 4 is 23.2 Å². The molecule has 2 aromatic rings. The minimum Gasteiger partial charge on any atom is -0.497 e. The smallest absolute Gasteiger partial charge is 0.328 e. The standard InChI is InChI=1S/C28H37N5O2/c1-31(2)23-14-12-21(13-15-23)19-32-17-7-16-28(20-32)26(29-22-8-4-5-9-22)30-27(34)33(28)24-10-6-11-25(18-24)35-3/h6,10-15,18,22H,4-5,7-9,16-17,19-20H2,1-3H3,(H,29,30,34). The van der Waals surface area contributed by atoms with Gasteiger partial charge in [0.15, 0.2) is 0 Å². The summed E-state index contributed by atoms with van der Waals surface area (Å²) in [7, 11) is 5.79. The Labute approximate surface area is 208 Å². The minimum atomic E-state index is -0.492. The molecule has 3 fully saturated rings. The van der Waals surface area contributed by atoms with Crippen LogP contribution in [0.2, 0.25) is 0 Å². The highest BCUT2D eigenvalue weighted by Gasteiger charge is 2.54. The van der Waals surface area contributed by atoms with Gasteiger partial charge in [-0.05, 0) is 62.1 Å². The predicted molar refractivity (Wildman–Crippen MR) is 142 cm³/mol. The highest BCUT2D eigenvalue weighted by atomic mass is 16.5. The molecule has 2 amide bonds. The molecule has 1 atom stereocenters. The fourth-order valence-corrected chi connectivity index (χ4v) is 5.85. The maximum Gasteiger partial charge on any atom is 0.328 e. The summed E-state index contributed by atoms with van der Waals surface area (Å²) in [4.78, 5) is 25.2. The summed E-state index contributed by atoms with van der Waals surface area (Å²) >= 11 is 0. The molecule has 186 valence electrons. The number of nitrogens with zero attached hydrogens (tertiary/aromatic N) is 4. The molecular weight excluding hydrogens is 438 g/mol. The van der Waals surface area contributed by atoms with Gasteiger partial charge in [-0.2, -0.15) is 0 Å². The molecule has 0 bridgehead atoms. The average Bonchev–Trinajstić information content (AvgIpc) is 3.46. The van der Waals surface area contributed by atoms with Crippen molar-refractivity contribution in [3.63, 3.8) is 0 Å². The molecule has 2 saturated heterocycles. The third-order valence-electron chi connectivity index (χ3n) is 7.65. The molecule has 35 heavy (non-hydrogen) atoms. The second kappa shape index (κ2) is 9.90. The van der Waals surface area contributed by atoms with Gasteiger partial charge < -0.3 is 9.64 Å². The summed E-state index contributed by atoms with van der Waals surface area (Å²) in [6.07, 6.45) is 6.56. The molecule has 0 radical (unpaired) electrons. The summed E-state index contributed by atoms with van der Waals surface area (Å²) in [5, 5.41) is 3.20. The highest BCUT2D eigenvalue weighted by Crippen LogP contribution is 2.39. The number of amides is 2. The van der Waals surface area contributed by atoms with E-state index in [1.165, 1.54) is 24.1 Å². The lowest BCUT2D eigenvalue weighted by atomic mass is 9.86. The lowest BCUT2D eigenvalue weighted by molar-refractivity contribution is 0.176. The first-order valence-corrected chi connectivity index (χ1v) is 12.8. The van der Waals surface area contributed by atoms with Crippen molar-refractivity contribution in [3.05, 3.63) is 54.1 Å². The van der Waals surface area contributed by atoms with E-state index in [1.807, 2.05) is 29.2 Å². The third-order valence-corrected chi connectivity index (χ3v) is 7.65. The van der Waals surface area contributed by atoms with Crippen LogP contribution in [0.5, 0.6) is 5.75 Å². The number of hydrogen-bond donors (Lipinski definition) is 1. The van der Waals surface area contributed by atoms with Crippen LogP contribution in [0, 0.1) is 0 Å². The van der Waals surface area contributed by atoms with Gasteiger partial charge in [-0.1, -0.05) is 31.0 Å². The molecule has 1 spiro atoms. The first kappa shape index (κ1) is 23.7. The van der Waals surface area contributed by atoms with Gasteiger partial charge in [0.05, 0.1) is 18.8 Å². The van der Waals surface area contributed by atoms with Gasteiger partial charge in [0.1, 0.15) is 17.1 Å². The number of likely N-dealkylation sites (tertiary alicyclic amines) is 1. The number of amidine groups is 1. The molecule has 2 aromatic carbocycles. The van der Waals surface area contributed by atoms with E-state index in [4.69, 9.17) is 9.73 Å². The normalized spacial score (nSPS) is 24.4. The van der Waals surface area contributed by atoms with Crippen molar-refractivity contribution < 1.29 is 9.53 Å². The summed E-state index contributed by atoms with van der Waals surface area (Å²) in [6, 6.07) is 16.8. The Balaban J connectivity index is 1.48. The van der Waals surface area contributed by atoms with Crippen molar-refractivity contribution in [1.82, 2.24) is 10.2 Å². The van der Waals surface area contributed by atoms with Crippen LogP contribution in [-0.4, -0.2) is 62.6 Å². The van der Waals surface area contributed by atoms with Crippen LogP contribution >= 0.6 is 0 Å². The Morgan fingerprint density at radius 2 is 1.89 bits per heavy atom. The number of benzene rings is 2. The summed E-state index contributed by atoms with van der Waals surface area (Å²) < 4.78 is 5.48. The summed E-state index contributed by atoms with van der Waals surface area (Å²) in [6.45, 7) is 2.62. The number of carbonyl (C=O) groups is 1. The second-order valence-electron chi connectivity index (χ2n) is 10.3. The van der Waals surface area contributed by atoms with E-state index in [-0.39, 0.29) is 6.03 Å². The molecular formula is C28H37N5O2. The SMILES string of the molecule is COc1cccc(N2C(=O)NC(=NC3CCCC3)C23CCCN(Cc2ccc(N(C)C)cc2)C3)c1. The van der Waals surface area contributed by atoms with Crippen LogP contribution in [-0.2, 0) is 6.54 Å². The first-order valence-electron chi connectivity index (χ1n) is 12.8. The number of carbonyl (C=O) groups excluding carboxylic acids is 1. The Morgan fingerprint density at radius 3 is 2.60 bits per heavy atom. The highest BCUT2D eigenvalue weighted by molar-refractivity contribution is 6.19. The van der Waals surface area contributed by atoms with Gasteiger partial charge in [-0.15, -0.1) is 0 Å². The molecule has 1 saturated carbocycles. The number of piperidine rings is 1. The molecule has 7 nitrogen and oxygen atoms in total. The van der Waals surface area contributed by atoms with Gasteiger partial charge in [-0.3, -0.25) is 20.1 Å². The van der Waals surface area contributed by atoms with E-state index in [9.17, 15) is 4.79 Å². The molecule has 1 unspecified atom stereocenters. The lowest BCUT2D eigenvalue weighted by Crippen LogP contribution is -2.60. The number of methoxy groups -OCH3 is 1. The Bertz CT molecular complexity index is 1080. The Hall–Kier alpha value is -3.06. The van der Waals surface area contributed by atoms with Gasteiger partial charge in [0.2, 0.25) is 0 Å². The van der Waals surface area contributed by atoms with Crippen molar-refractivity contribution in [2.75, 3.05) is 44.1 Å². The largest absolute Gasteiger partial charge is 0.497 e. The zero-order chi connectivity index (χ0) is 24.4. The molecule has 2 aliphatic heterocycles. The van der Waals surface area contributed by atoms with E-state index in [0.717, 1.165) is 62.6 Å². The van der Waals surface area contributed by atoms with Crippen molar-refractivity contribution in [1.29, 1.82) is 0 Å². The quantitative estimate of drug-likeness (QED) is 0.660. The van der Waals surface area contributed by atoms with E-state index >= 15 is 0 Å². The van der Waals surface area contributed by atoms with Gasteiger partial charge >= 0.3 is 6.03 Å². The molecule has 0 aromatic heterocycles. The van der Waals surface area contributed by atoms with E-state index in [0.29, 0.717) is 6.04 Å². The van der Waals surface area contributed by atoms with Crippen LogP contribution in [0.3, 0.4) is 0 Å². The molecule has 1 aliphatic carbocycles. The maximum atomic E-state index is 13.5. The van der Waals surface area contributed by atoms with Crippen LogP contribution < -0.4 is 19.9 Å². The summed E-state index contributed by atoms with van der Waals surface area (Å²) in [5.41, 5.74) is 2.85. The van der Waals surface area contributed by atoms with Crippen LogP contribution in [0.15, 0.2) is 53.5 Å². The predicted octanol–water partition coefficient (Wildman–Crippen LogP) is 4.67. The number of hydrogen-bond acceptors (Lipinski definition) is 5. The molecule has 2 heterocycles. The topological polar surface area (TPSA) is 60.4 Å². The zero-order valence-electron chi connectivity index (χ0n) is 21.2. The average molecular weight is 476 g/mol. The molecule has 5 rings (SSSR count). The monoisotopic (exact) mass is 475 g/mol. The fraction of sp³-hybridized carbons (Fsp3) is 0.500. The molecule has 1 N–H and O–H groups in total. The van der Waals surface area contributed by atoms with Crippen molar-refractivity contribution in [2.45, 2.75) is 56.7 Å². The van der Waals surface area contributed by atoms with Gasteiger partial charge in [0.25, 0.3) is 0 Å². The maximum absolute atomic E-state index is 13.5. The number of nitrogens with one attached hydrogen (secondary N) is 1. The number of rotatable bonds is 6. The van der Waals surface area contributed by atoms with Gasteiger partial charge in [0, 0.05) is 38.9 Å². The summed E-state index contributed by atoms with van der Waals surface area (Å²) in [5.74, 6) is 1.60. The van der Waals surface area contributed by atoms with E-state index in [2.05, 4.69) is 53.5 Å². The van der Waals surface area contributed by atoms with Crippen LogP contribution in [0.25, 0.3) is 0 Å². The lowest BCUT2D eigenvalue weighted by Gasteiger charge is -2.44. The number of aliphatic imine (C=N–C) groups is 1. The molecule has 7 heteroatoms. The van der Waals surface area contributed by atoms with Crippen LogP contribution in [0.4, 0.5) is 16.2 Å². The Morgan fingerprint density at radius 1 is 1.11 bits per heavy atom. The fourth-order valence-electron chi connectivity index (χ4n) is 5.85.